The molecule has 1 N–H and O–H groups in total. The SMILES string of the molecule is Cc1ccoc1CNc1ccc(C(=O)OC(C)C)cc1. The van der Waals surface area contributed by atoms with Crippen LogP contribution in [0.15, 0.2) is 41.0 Å². The minimum atomic E-state index is -0.298. The molecule has 2 rings (SSSR count). The van der Waals surface area contributed by atoms with Crippen LogP contribution < -0.4 is 5.32 Å². The Morgan fingerprint density at radius 3 is 2.50 bits per heavy atom. The van der Waals surface area contributed by atoms with E-state index in [1.165, 1.54) is 0 Å². The summed E-state index contributed by atoms with van der Waals surface area (Å²) in [5, 5.41) is 3.25. The fourth-order valence-corrected chi connectivity index (χ4v) is 1.77. The molecule has 0 saturated heterocycles. The lowest BCUT2D eigenvalue weighted by atomic mass is 10.2. The molecule has 0 radical (unpaired) electrons. The average molecular weight is 273 g/mol. The molecule has 0 saturated carbocycles. The number of hydrogen-bond donors (Lipinski definition) is 1. The van der Waals surface area contributed by atoms with Gasteiger partial charge in [-0.1, -0.05) is 0 Å². The first kappa shape index (κ1) is 14.2. The fraction of sp³-hybridized carbons (Fsp3) is 0.312. The Bertz CT molecular complexity index is 570. The Hall–Kier alpha value is -2.23. The smallest absolute Gasteiger partial charge is 0.338 e. The summed E-state index contributed by atoms with van der Waals surface area (Å²) in [4.78, 5) is 11.7. The van der Waals surface area contributed by atoms with E-state index in [4.69, 9.17) is 9.15 Å². The zero-order chi connectivity index (χ0) is 14.5. The third kappa shape index (κ3) is 3.63. The highest BCUT2D eigenvalue weighted by Crippen LogP contribution is 2.14. The number of aryl methyl sites for hydroxylation is 1. The van der Waals surface area contributed by atoms with Gasteiger partial charge < -0.3 is 14.5 Å². The monoisotopic (exact) mass is 273 g/mol. The van der Waals surface area contributed by atoms with Crippen LogP contribution in [0.5, 0.6) is 0 Å². The van der Waals surface area contributed by atoms with Crippen molar-refractivity contribution in [2.24, 2.45) is 0 Å². The number of ether oxygens (including phenoxy) is 1. The van der Waals surface area contributed by atoms with Crippen molar-refractivity contribution in [2.45, 2.75) is 33.4 Å². The lowest BCUT2D eigenvalue weighted by Crippen LogP contribution is -2.11. The van der Waals surface area contributed by atoms with Crippen LogP contribution in [0.1, 0.15) is 35.5 Å². The largest absolute Gasteiger partial charge is 0.467 e. The Morgan fingerprint density at radius 2 is 1.95 bits per heavy atom. The first-order chi connectivity index (χ1) is 9.56. The highest BCUT2D eigenvalue weighted by Gasteiger charge is 2.08. The number of furan rings is 1. The van der Waals surface area contributed by atoms with Crippen LogP contribution in [0.3, 0.4) is 0 Å². The Kier molecular flexibility index (Phi) is 4.45. The van der Waals surface area contributed by atoms with Crippen LogP contribution >= 0.6 is 0 Å². The van der Waals surface area contributed by atoms with E-state index < -0.39 is 0 Å². The number of rotatable bonds is 5. The summed E-state index contributed by atoms with van der Waals surface area (Å²) in [5.74, 6) is 0.613. The summed E-state index contributed by atoms with van der Waals surface area (Å²) in [6.45, 7) is 6.29. The van der Waals surface area contributed by atoms with E-state index in [9.17, 15) is 4.79 Å². The van der Waals surface area contributed by atoms with Crippen molar-refractivity contribution in [3.8, 4) is 0 Å². The van der Waals surface area contributed by atoms with Crippen molar-refractivity contribution in [1.82, 2.24) is 0 Å². The fourth-order valence-electron chi connectivity index (χ4n) is 1.77. The first-order valence-corrected chi connectivity index (χ1v) is 6.64. The zero-order valence-corrected chi connectivity index (χ0v) is 12.0. The maximum Gasteiger partial charge on any atom is 0.338 e. The number of carbonyl (C=O) groups excluding carboxylic acids is 1. The van der Waals surface area contributed by atoms with Crippen LogP contribution in [0, 0.1) is 6.92 Å². The van der Waals surface area contributed by atoms with Crippen molar-refractivity contribution in [2.75, 3.05) is 5.32 Å². The maximum absolute atomic E-state index is 11.7. The number of benzene rings is 1. The molecule has 106 valence electrons. The van der Waals surface area contributed by atoms with Gasteiger partial charge in [0, 0.05) is 5.69 Å². The highest BCUT2D eigenvalue weighted by molar-refractivity contribution is 5.89. The highest BCUT2D eigenvalue weighted by atomic mass is 16.5. The molecular weight excluding hydrogens is 254 g/mol. The minimum Gasteiger partial charge on any atom is -0.467 e. The quantitative estimate of drug-likeness (QED) is 0.843. The van der Waals surface area contributed by atoms with Gasteiger partial charge in [-0.25, -0.2) is 4.79 Å². The molecule has 0 spiro atoms. The molecule has 4 nitrogen and oxygen atoms in total. The average Bonchev–Trinajstić information content (AvgIpc) is 2.82. The van der Waals surface area contributed by atoms with Crippen LogP contribution in [0.25, 0.3) is 0 Å². The molecule has 0 fully saturated rings. The normalized spacial score (nSPS) is 10.6. The second kappa shape index (κ2) is 6.28. The van der Waals surface area contributed by atoms with Gasteiger partial charge in [-0.15, -0.1) is 0 Å². The lowest BCUT2D eigenvalue weighted by Gasteiger charge is -2.09. The number of nitrogens with one attached hydrogen (secondary N) is 1. The predicted molar refractivity (Wildman–Crippen MR) is 77.8 cm³/mol. The van der Waals surface area contributed by atoms with Gasteiger partial charge in [0.05, 0.1) is 24.5 Å². The van der Waals surface area contributed by atoms with Gasteiger partial charge in [0.1, 0.15) is 5.76 Å². The standard InChI is InChI=1S/C16H19NO3/c1-11(2)20-16(18)13-4-6-14(7-5-13)17-10-15-12(3)8-9-19-15/h4-9,11,17H,10H2,1-3H3. The molecule has 0 aliphatic heterocycles. The molecule has 0 unspecified atom stereocenters. The second-order valence-electron chi connectivity index (χ2n) is 4.91. The summed E-state index contributed by atoms with van der Waals surface area (Å²) in [6, 6.07) is 9.15. The van der Waals surface area contributed by atoms with Gasteiger partial charge in [-0.05, 0) is 56.7 Å². The van der Waals surface area contributed by atoms with E-state index in [0.717, 1.165) is 17.0 Å². The molecule has 0 aliphatic carbocycles. The second-order valence-corrected chi connectivity index (χ2v) is 4.91. The van der Waals surface area contributed by atoms with Crippen LogP contribution in [-0.4, -0.2) is 12.1 Å². The van der Waals surface area contributed by atoms with E-state index in [1.54, 1.807) is 18.4 Å². The Balaban J connectivity index is 1.95. The molecule has 1 aromatic carbocycles. The summed E-state index contributed by atoms with van der Waals surface area (Å²) >= 11 is 0. The number of anilines is 1. The molecule has 20 heavy (non-hydrogen) atoms. The molecule has 2 aromatic rings. The zero-order valence-electron chi connectivity index (χ0n) is 12.0. The van der Waals surface area contributed by atoms with E-state index in [-0.39, 0.29) is 12.1 Å². The first-order valence-electron chi connectivity index (χ1n) is 6.64. The van der Waals surface area contributed by atoms with Gasteiger partial charge in [0.15, 0.2) is 0 Å². The summed E-state index contributed by atoms with van der Waals surface area (Å²) < 4.78 is 10.5. The topological polar surface area (TPSA) is 51.5 Å². The third-order valence-corrected chi connectivity index (χ3v) is 2.88. The van der Waals surface area contributed by atoms with E-state index >= 15 is 0 Å². The third-order valence-electron chi connectivity index (χ3n) is 2.88. The molecule has 0 amide bonds. The van der Waals surface area contributed by atoms with Crippen LogP contribution in [0.2, 0.25) is 0 Å². The molecule has 1 heterocycles. The van der Waals surface area contributed by atoms with Crippen molar-refractivity contribution in [1.29, 1.82) is 0 Å². The van der Waals surface area contributed by atoms with Crippen molar-refractivity contribution >= 4 is 11.7 Å². The van der Waals surface area contributed by atoms with Gasteiger partial charge in [0.2, 0.25) is 0 Å². The molecule has 4 heteroatoms. The summed E-state index contributed by atoms with van der Waals surface area (Å²) in [6.07, 6.45) is 1.57. The molecule has 0 aliphatic rings. The van der Waals surface area contributed by atoms with Crippen molar-refractivity contribution in [3.63, 3.8) is 0 Å². The molecule has 1 aromatic heterocycles. The number of esters is 1. The molecule has 0 bridgehead atoms. The van der Waals surface area contributed by atoms with Crippen LogP contribution in [-0.2, 0) is 11.3 Å². The van der Waals surface area contributed by atoms with Gasteiger partial charge in [-0.3, -0.25) is 0 Å². The number of carbonyl (C=O) groups is 1. The van der Waals surface area contributed by atoms with Crippen molar-refractivity contribution < 1.29 is 13.9 Å². The Labute approximate surface area is 118 Å². The van der Waals surface area contributed by atoms with Gasteiger partial charge in [-0.2, -0.15) is 0 Å². The molecule has 0 atom stereocenters. The summed E-state index contributed by atoms with van der Waals surface area (Å²) in [5.41, 5.74) is 2.61. The lowest BCUT2D eigenvalue weighted by molar-refractivity contribution is 0.0378. The minimum absolute atomic E-state index is 0.109. The van der Waals surface area contributed by atoms with E-state index in [2.05, 4.69) is 5.32 Å². The molecular formula is C16H19NO3. The predicted octanol–water partition coefficient (Wildman–Crippen LogP) is 3.77. The maximum atomic E-state index is 11.7. The summed E-state index contributed by atoms with van der Waals surface area (Å²) in [7, 11) is 0. The Morgan fingerprint density at radius 1 is 1.25 bits per heavy atom. The van der Waals surface area contributed by atoms with Gasteiger partial charge >= 0.3 is 5.97 Å². The number of hydrogen-bond acceptors (Lipinski definition) is 4. The van der Waals surface area contributed by atoms with Gasteiger partial charge in [0.25, 0.3) is 0 Å². The van der Waals surface area contributed by atoms with E-state index in [1.807, 2.05) is 39.0 Å². The van der Waals surface area contributed by atoms with Crippen molar-refractivity contribution in [3.05, 3.63) is 53.5 Å². The van der Waals surface area contributed by atoms with Crippen LogP contribution in [0.4, 0.5) is 5.69 Å². The van der Waals surface area contributed by atoms with E-state index in [0.29, 0.717) is 12.1 Å².